The maximum absolute atomic E-state index is 13.0. The maximum Gasteiger partial charge on any atom is 0.251 e. The van der Waals surface area contributed by atoms with Gasteiger partial charge in [-0.3, -0.25) is 4.79 Å². The Balaban J connectivity index is 1.96. The van der Waals surface area contributed by atoms with E-state index in [4.69, 9.17) is 11.6 Å². The van der Waals surface area contributed by atoms with E-state index in [1.165, 1.54) is 18.2 Å². The summed E-state index contributed by atoms with van der Waals surface area (Å²) < 4.78 is 13.0. The summed E-state index contributed by atoms with van der Waals surface area (Å²) in [7, 11) is 0. The molecule has 0 atom stereocenters. The first kappa shape index (κ1) is 11.4. The Kier molecular flexibility index (Phi) is 3.41. The van der Waals surface area contributed by atoms with Crippen LogP contribution in [0.15, 0.2) is 18.2 Å². The number of carbonyl (C=O) groups excluding carboxylic acids is 1. The first-order valence-corrected chi connectivity index (χ1v) is 5.48. The molecule has 1 aliphatic heterocycles. The minimum Gasteiger partial charge on any atom is -0.352 e. The molecule has 1 amide bonds. The Bertz CT molecular complexity index is 387. The molecule has 86 valence electrons. The molecule has 0 radical (unpaired) electrons. The molecule has 1 saturated heterocycles. The van der Waals surface area contributed by atoms with Crippen molar-refractivity contribution >= 4 is 17.5 Å². The molecule has 1 aliphatic rings. The molecular weight excluding hydrogens is 231 g/mol. The number of halogens is 2. The molecule has 0 unspecified atom stereocenters. The summed E-state index contributed by atoms with van der Waals surface area (Å²) in [4.78, 5) is 11.6. The van der Waals surface area contributed by atoms with E-state index in [9.17, 15) is 9.18 Å². The van der Waals surface area contributed by atoms with Crippen molar-refractivity contribution in [3.63, 3.8) is 0 Å². The molecule has 2 rings (SSSR count). The van der Waals surface area contributed by atoms with Gasteiger partial charge in [0.15, 0.2) is 0 Å². The Morgan fingerprint density at radius 1 is 1.50 bits per heavy atom. The minimum atomic E-state index is -0.497. The van der Waals surface area contributed by atoms with E-state index < -0.39 is 5.82 Å². The standard InChI is InChI=1S/C11H12ClFN2O/c12-9-1-8(2-10(13)3-9)11(16)15-6-7-4-14-5-7/h1-3,7,14H,4-6H2,(H,15,16). The van der Waals surface area contributed by atoms with Crippen LogP contribution >= 0.6 is 11.6 Å². The second kappa shape index (κ2) is 4.80. The Morgan fingerprint density at radius 3 is 2.81 bits per heavy atom. The van der Waals surface area contributed by atoms with Crippen LogP contribution in [0.2, 0.25) is 5.02 Å². The smallest absolute Gasteiger partial charge is 0.251 e. The number of nitrogens with one attached hydrogen (secondary N) is 2. The summed E-state index contributed by atoms with van der Waals surface area (Å²) in [5.41, 5.74) is 0.261. The second-order valence-corrected chi connectivity index (χ2v) is 4.33. The molecule has 5 heteroatoms. The van der Waals surface area contributed by atoms with E-state index in [0.29, 0.717) is 12.5 Å². The van der Waals surface area contributed by atoms with Gasteiger partial charge in [-0.15, -0.1) is 0 Å². The van der Waals surface area contributed by atoms with Crippen LogP contribution in [0.1, 0.15) is 10.4 Å². The van der Waals surface area contributed by atoms with Gasteiger partial charge in [-0.05, 0) is 18.2 Å². The van der Waals surface area contributed by atoms with Crippen molar-refractivity contribution in [2.75, 3.05) is 19.6 Å². The second-order valence-electron chi connectivity index (χ2n) is 3.89. The molecule has 0 bridgehead atoms. The predicted octanol–water partition coefficient (Wildman–Crippen LogP) is 1.43. The third-order valence-electron chi connectivity index (χ3n) is 2.54. The van der Waals surface area contributed by atoms with Gasteiger partial charge >= 0.3 is 0 Å². The SMILES string of the molecule is O=C(NCC1CNC1)c1cc(F)cc(Cl)c1. The molecule has 0 saturated carbocycles. The van der Waals surface area contributed by atoms with Crippen LogP contribution in [0.4, 0.5) is 4.39 Å². The van der Waals surface area contributed by atoms with Crippen LogP contribution < -0.4 is 10.6 Å². The molecule has 1 heterocycles. The van der Waals surface area contributed by atoms with Crippen LogP contribution in [-0.2, 0) is 0 Å². The van der Waals surface area contributed by atoms with Crippen molar-refractivity contribution in [1.29, 1.82) is 0 Å². The number of rotatable bonds is 3. The van der Waals surface area contributed by atoms with Crippen molar-refractivity contribution in [2.45, 2.75) is 0 Å². The zero-order chi connectivity index (χ0) is 11.5. The average Bonchev–Trinajstić information content (AvgIpc) is 2.13. The van der Waals surface area contributed by atoms with Crippen molar-refractivity contribution in [1.82, 2.24) is 10.6 Å². The van der Waals surface area contributed by atoms with Crippen molar-refractivity contribution < 1.29 is 9.18 Å². The van der Waals surface area contributed by atoms with Crippen molar-refractivity contribution in [3.05, 3.63) is 34.6 Å². The molecule has 1 aromatic carbocycles. The van der Waals surface area contributed by atoms with Gasteiger partial charge in [0.25, 0.3) is 5.91 Å². The zero-order valence-electron chi connectivity index (χ0n) is 8.59. The number of hydrogen-bond donors (Lipinski definition) is 2. The highest BCUT2D eigenvalue weighted by atomic mass is 35.5. The third kappa shape index (κ3) is 2.71. The topological polar surface area (TPSA) is 41.1 Å². The third-order valence-corrected chi connectivity index (χ3v) is 2.76. The molecule has 2 N–H and O–H groups in total. The highest BCUT2D eigenvalue weighted by Gasteiger charge is 2.17. The average molecular weight is 243 g/mol. The van der Waals surface area contributed by atoms with E-state index in [0.717, 1.165) is 13.1 Å². The first-order chi connectivity index (χ1) is 7.65. The first-order valence-electron chi connectivity index (χ1n) is 5.10. The summed E-state index contributed by atoms with van der Waals surface area (Å²) in [6, 6.07) is 3.81. The van der Waals surface area contributed by atoms with Gasteiger partial charge in [0, 0.05) is 36.1 Å². The fraction of sp³-hybridized carbons (Fsp3) is 0.364. The van der Waals surface area contributed by atoms with Gasteiger partial charge in [-0.2, -0.15) is 0 Å². The van der Waals surface area contributed by atoms with Crippen molar-refractivity contribution in [2.24, 2.45) is 5.92 Å². The van der Waals surface area contributed by atoms with Crippen LogP contribution in [0.25, 0.3) is 0 Å². The van der Waals surface area contributed by atoms with Gasteiger partial charge < -0.3 is 10.6 Å². The van der Waals surface area contributed by atoms with Gasteiger partial charge in [0.05, 0.1) is 0 Å². The Labute approximate surface area is 98.0 Å². The summed E-state index contributed by atoms with van der Waals surface area (Å²) in [5.74, 6) is -0.302. The summed E-state index contributed by atoms with van der Waals surface area (Å²) in [6.45, 7) is 2.45. The molecule has 0 spiro atoms. The van der Waals surface area contributed by atoms with E-state index in [-0.39, 0.29) is 16.5 Å². The Morgan fingerprint density at radius 2 is 2.25 bits per heavy atom. The lowest BCUT2D eigenvalue weighted by molar-refractivity contribution is 0.0942. The largest absolute Gasteiger partial charge is 0.352 e. The van der Waals surface area contributed by atoms with Gasteiger partial charge in [-0.25, -0.2) is 4.39 Å². The minimum absolute atomic E-state index is 0.232. The molecule has 16 heavy (non-hydrogen) atoms. The van der Waals surface area contributed by atoms with Crippen LogP contribution in [-0.4, -0.2) is 25.5 Å². The quantitative estimate of drug-likeness (QED) is 0.842. The molecule has 1 aromatic rings. The zero-order valence-corrected chi connectivity index (χ0v) is 9.35. The van der Waals surface area contributed by atoms with E-state index in [2.05, 4.69) is 10.6 Å². The number of amides is 1. The molecular formula is C11H12ClFN2O. The highest BCUT2D eigenvalue weighted by Crippen LogP contribution is 2.14. The summed E-state index contributed by atoms with van der Waals surface area (Å²) in [5, 5.41) is 6.09. The summed E-state index contributed by atoms with van der Waals surface area (Å²) in [6.07, 6.45) is 0. The molecule has 3 nitrogen and oxygen atoms in total. The van der Waals surface area contributed by atoms with Gasteiger partial charge in [0.2, 0.25) is 0 Å². The maximum atomic E-state index is 13.0. The Hall–Kier alpha value is -1.13. The fourth-order valence-corrected chi connectivity index (χ4v) is 1.74. The van der Waals surface area contributed by atoms with Crippen molar-refractivity contribution in [3.8, 4) is 0 Å². The normalized spacial score (nSPS) is 15.6. The number of hydrogen-bond acceptors (Lipinski definition) is 2. The number of carbonyl (C=O) groups is 1. The molecule has 1 fully saturated rings. The van der Waals surface area contributed by atoms with Crippen LogP contribution in [0, 0.1) is 11.7 Å². The lowest BCUT2D eigenvalue weighted by Gasteiger charge is -2.27. The monoisotopic (exact) mass is 242 g/mol. The summed E-state index contributed by atoms with van der Waals surface area (Å²) >= 11 is 5.67. The highest BCUT2D eigenvalue weighted by molar-refractivity contribution is 6.31. The number of benzene rings is 1. The molecule has 0 aromatic heterocycles. The lowest BCUT2D eigenvalue weighted by Crippen LogP contribution is -2.48. The van der Waals surface area contributed by atoms with Crippen LogP contribution in [0.5, 0.6) is 0 Å². The van der Waals surface area contributed by atoms with Gasteiger partial charge in [-0.1, -0.05) is 11.6 Å². The lowest BCUT2D eigenvalue weighted by atomic mass is 10.0. The van der Waals surface area contributed by atoms with E-state index >= 15 is 0 Å². The van der Waals surface area contributed by atoms with Crippen LogP contribution in [0.3, 0.4) is 0 Å². The van der Waals surface area contributed by atoms with E-state index in [1.807, 2.05) is 0 Å². The predicted molar refractivity (Wildman–Crippen MR) is 60.1 cm³/mol. The van der Waals surface area contributed by atoms with Gasteiger partial charge in [0.1, 0.15) is 5.82 Å². The van der Waals surface area contributed by atoms with E-state index in [1.54, 1.807) is 0 Å². The fourth-order valence-electron chi connectivity index (χ4n) is 1.52. The molecule has 0 aliphatic carbocycles.